The van der Waals surface area contributed by atoms with Gasteiger partial charge in [-0.3, -0.25) is 0 Å². The third-order valence-corrected chi connectivity index (χ3v) is 3.34. The van der Waals surface area contributed by atoms with Gasteiger partial charge < -0.3 is 14.4 Å². The molecule has 1 aliphatic heterocycles. The van der Waals surface area contributed by atoms with Crippen LogP contribution in [0.1, 0.15) is 36.2 Å². The first-order valence-electron chi connectivity index (χ1n) is 6.33. The highest BCUT2D eigenvalue weighted by Gasteiger charge is 2.19. The van der Waals surface area contributed by atoms with Gasteiger partial charge in [-0.1, -0.05) is 5.16 Å². The van der Waals surface area contributed by atoms with Crippen molar-refractivity contribution in [3.05, 3.63) is 29.9 Å². The molecule has 0 amide bonds. The van der Waals surface area contributed by atoms with Gasteiger partial charge in [-0.15, -0.1) is 0 Å². The summed E-state index contributed by atoms with van der Waals surface area (Å²) in [5, 5.41) is 7.35. The molecule has 96 valence electrons. The second-order valence-corrected chi connectivity index (χ2v) is 4.72. The molecule has 3 heterocycles. The van der Waals surface area contributed by atoms with Gasteiger partial charge in [0.05, 0.1) is 12.9 Å². The normalized spacial score (nSPS) is 20.2. The Balaban J connectivity index is 1.78. The van der Waals surface area contributed by atoms with E-state index in [2.05, 4.69) is 25.0 Å². The predicted octanol–water partition coefficient (Wildman–Crippen LogP) is 1.09. The second kappa shape index (κ2) is 4.89. The molecule has 1 fully saturated rings. The number of nitrogens with zero attached hydrogens (tertiary/aromatic N) is 4. The van der Waals surface area contributed by atoms with Crippen molar-refractivity contribution in [3.63, 3.8) is 0 Å². The third-order valence-electron chi connectivity index (χ3n) is 3.34. The highest BCUT2D eigenvalue weighted by molar-refractivity contribution is 5.09. The summed E-state index contributed by atoms with van der Waals surface area (Å²) in [6.45, 7) is 4.57. The van der Waals surface area contributed by atoms with Crippen LogP contribution in [0.25, 0.3) is 0 Å². The van der Waals surface area contributed by atoms with Crippen LogP contribution in [0, 0.1) is 6.92 Å². The first-order chi connectivity index (χ1) is 8.83. The van der Waals surface area contributed by atoms with Gasteiger partial charge in [-0.2, -0.15) is 4.98 Å². The van der Waals surface area contributed by atoms with Crippen LogP contribution in [0.4, 0.5) is 0 Å². The maximum Gasteiger partial charge on any atom is 0.223 e. The van der Waals surface area contributed by atoms with Crippen molar-refractivity contribution in [3.8, 4) is 0 Å². The van der Waals surface area contributed by atoms with Gasteiger partial charge in [0.15, 0.2) is 5.82 Å². The van der Waals surface area contributed by atoms with Gasteiger partial charge in [0.1, 0.15) is 0 Å². The second-order valence-electron chi connectivity index (χ2n) is 4.72. The monoisotopic (exact) mass is 247 g/mol. The maximum atomic E-state index is 4.99. The van der Waals surface area contributed by atoms with Crippen LogP contribution in [0.15, 0.2) is 17.0 Å². The van der Waals surface area contributed by atoms with E-state index < -0.39 is 0 Å². The minimum atomic E-state index is 0.536. The van der Waals surface area contributed by atoms with E-state index in [9.17, 15) is 0 Å². The van der Waals surface area contributed by atoms with E-state index in [4.69, 9.17) is 4.52 Å². The Morgan fingerprint density at radius 1 is 1.56 bits per heavy atom. The lowest BCUT2D eigenvalue weighted by atomic mass is 9.96. The lowest BCUT2D eigenvalue weighted by Crippen LogP contribution is -2.29. The average Bonchev–Trinajstić information content (AvgIpc) is 3.00. The molecule has 0 aromatic carbocycles. The summed E-state index contributed by atoms with van der Waals surface area (Å²) in [6, 6.07) is 0. The van der Waals surface area contributed by atoms with Gasteiger partial charge >= 0.3 is 0 Å². The molecule has 0 bridgehead atoms. The van der Waals surface area contributed by atoms with Gasteiger partial charge in [0.2, 0.25) is 5.89 Å². The molecule has 6 heteroatoms. The van der Waals surface area contributed by atoms with Crippen molar-refractivity contribution in [2.24, 2.45) is 0 Å². The Bertz CT molecular complexity index is 512. The molecule has 0 spiro atoms. The molecule has 6 nitrogen and oxygen atoms in total. The number of nitrogens with one attached hydrogen (secondary N) is 1. The molecule has 2 aromatic rings. The fraction of sp³-hybridized carbons (Fsp3) is 0.583. The predicted molar refractivity (Wildman–Crippen MR) is 65.2 cm³/mol. The van der Waals surface area contributed by atoms with Crippen LogP contribution in [0.5, 0.6) is 0 Å². The maximum absolute atomic E-state index is 4.99. The average molecular weight is 247 g/mol. The lowest BCUT2D eigenvalue weighted by Gasteiger charge is -2.23. The van der Waals surface area contributed by atoms with Gasteiger partial charge in [-0.25, -0.2) is 4.98 Å². The van der Waals surface area contributed by atoms with Gasteiger partial charge in [-0.05, 0) is 19.4 Å². The fourth-order valence-corrected chi connectivity index (χ4v) is 2.47. The number of hydrogen-bond acceptors (Lipinski definition) is 5. The zero-order valence-corrected chi connectivity index (χ0v) is 10.5. The van der Waals surface area contributed by atoms with Gasteiger partial charge in [0.25, 0.3) is 0 Å². The molecular weight excluding hydrogens is 230 g/mol. The van der Waals surface area contributed by atoms with E-state index in [0.29, 0.717) is 24.2 Å². The van der Waals surface area contributed by atoms with E-state index in [-0.39, 0.29) is 0 Å². The van der Waals surface area contributed by atoms with E-state index in [0.717, 1.165) is 13.1 Å². The lowest BCUT2D eigenvalue weighted by molar-refractivity contribution is 0.385. The summed E-state index contributed by atoms with van der Waals surface area (Å²) in [4.78, 5) is 8.48. The zero-order valence-electron chi connectivity index (χ0n) is 10.5. The Morgan fingerprint density at radius 2 is 2.50 bits per heavy atom. The summed E-state index contributed by atoms with van der Waals surface area (Å²) >= 11 is 0. The van der Waals surface area contributed by atoms with Crippen molar-refractivity contribution in [2.45, 2.75) is 32.2 Å². The Labute approximate surface area is 105 Å². The van der Waals surface area contributed by atoms with Gasteiger partial charge in [0, 0.05) is 31.3 Å². The largest absolute Gasteiger partial charge is 0.340 e. The van der Waals surface area contributed by atoms with Crippen molar-refractivity contribution < 1.29 is 4.52 Å². The number of imidazole rings is 1. The molecule has 2 aromatic heterocycles. The Hall–Kier alpha value is -1.69. The molecule has 1 unspecified atom stereocenters. The smallest absolute Gasteiger partial charge is 0.223 e. The number of aryl methyl sites for hydroxylation is 1. The van der Waals surface area contributed by atoms with Crippen molar-refractivity contribution >= 4 is 0 Å². The zero-order chi connectivity index (χ0) is 12.4. The fourth-order valence-electron chi connectivity index (χ4n) is 2.47. The molecule has 0 radical (unpaired) electrons. The Morgan fingerprint density at radius 3 is 3.22 bits per heavy atom. The van der Waals surface area contributed by atoms with Crippen LogP contribution >= 0.6 is 0 Å². The molecule has 1 saturated heterocycles. The summed E-state index contributed by atoms with van der Waals surface area (Å²) < 4.78 is 7.10. The molecule has 0 aliphatic carbocycles. The molecule has 0 saturated carbocycles. The SMILES string of the molecule is Cc1nc(Cn2cncc2C2CCCNC2)no1. The summed E-state index contributed by atoms with van der Waals surface area (Å²) in [5.74, 6) is 1.84. The standard InChI is InChI=1S/C12H17N5O/c1-9-15-12(16-18-9)7-17-8-14-6-11(17)10-3-2-4-13-5-10/h6,8,10,13H,2-5,7H2,1H3. The molecule has 1 aliphatic rings. The number of rotatable bonds is 3. The highest BCUT2D eigenvalue weighted by Crippen LogP contribution is 2.23. The van der Waals surface area contributed by atoms with Crippen molar-refractivity contribution in [1.82, 2.24) is 25.0 Å². The quantitative estimate of drug-likeness (QED) is 0.879. The van der Waals surface area contributed by atoms with Crippen LogP contribution in [0.3, 0.4) is 0 Å². The molecule has 18 heavy (non-hydrogen) atoms. The first-order valence-corrected chi connectivity index (χ1v) is 6.33. The summed E-state index contributed by atoms with van der Waals surface area (Å²) in [7, 11) is 0. The third kappa shape index (κ3) is 2.28. The molecule has 1 atom stereocenters. The van der Waals surface area contributed by atoms with Crippen molar-refractivity contribution in [1.29, 1.82) is 0 Å². The molecule has 3 rings (SSSR count). The Kier molecular flexibility index (Phi) is 3.10. The van der Waals surface area contributed by atoms with Crippen molar-refractivity contribution in [2.75, 3.05) is 13.1 Å². The summed E-state index contributed by atoms with van der Waals surface area (Å²) in [5.41, 5.74) is 1.25. The number of hydrogen-bond donors (Lipinski definition) is 1. The summed E-state index contributed by atoms with van der Waals surface area (Å²) in [6.07, 6.45) is 6.22. The first kappa shape index (κ1) is 11.4. The molecular formula is C12H17N5O. The number of aromatic nitrogens is 4. The molecule has 1 N–H and O–H groups in total. The minimum absolute atomic E-state index is 0.536. The van der Waals surface area contributed by atoms with E-state index in [1.807, 2.05) is 12.5 Å². The van der Waals surface area contributed by atoms with E-state index >= 15 is 0 Å². The minimum Gasteiger partial charge on any atom is -0.340 e. The van der Waals surface area contributed by atoms with E-state index in [1.165, 1.54) is 18.5 Å². The van der Waals surface area contributed by atoms with Crippen LogP contribution in [0.2, 0.25) is 0 Å². The topological polar surface area (TPSA) is 68.8 Å². The van der Waals surface area contributed by atoms with E-state index in [1.54, 1.807) is 6.92 Å². The van der Waals surface area contributed by atoms with Crippen LogP contribution in [-0.4, -0.2) is 32.8 Å². The highest BCUT2D eigenvalue weighted by atomic mass is 16.5. The number of piperidine rings is 1. The van der Waals surface area contributed by atoms with Crippen LogP contribution < -0.4 is 5.32 Å². The van der Waals surface area contributed by atoms with Crippen LogP contribution in [-0.2, 0) is 6.54 Å².